The van der Waals surface area contributed by atoms with Crippen molar-refractivity contribution >= 4 is 21.8 Å². The maximum atomic E-state index is 12.6. The SMILES string of the molecule is CC(C)N(CCNC(=O)O)S(=O)(=O)c1ccccc1[N+](=O)[O-]. The lowest BCUT2D eigenvalue weighted by Crippen LogP contribution is -2.42. The van der Waals surface area contributed by atoms with Gasteiger partial charge in [0, 0.05) is 25.2 Å². The fraction of sp³-hybridized carbons (Fsp3) is 0.417. The molecule has 22 heavy (non-hydrogen) atoms. The molecule has 2 N–H and O–H groups in total. The van der Waals surface area contributed by atoms with Crippen LogP contribution in [0.2, 0.25) is 0 Å². The van der Waals surface area contributed by atoms with Crippen molar-refractivity contribution < 1.29 is 23.2 Å². The Morgan fingerprint density at radius 3 is 2.50 bits per heavy atom. The number of nitro benzene ring substituents is 1. The van der Waals surface area contributed by atoms with Gasteiger partial charge in [-0.05, 0) is 19.9 Å². The normalized spacial score (nSPS) is 11.6. The van der Waals surface area contributed by atoms with Gasteiger partial charge >= 0.3 is 6.09 Å². The Kier molecular flexibility index (Phi) is 5.83. The number of nitrogens with one attached hydrogen (secondary N) is 1. The lowest BCUT2D eigenvalue weighted by atomic mass is 10.3. The first kappa shape index (κ1) is 17.9. The van der Waals surface area contributed by atoms with Crippen LogP contribution < -0.4 is 5.32 Å². The predicted octanol–water partition coefficient (Wildman–Crippen LogP) is 1.26. The molecule has 10 heteroatoms. The second-order valence-electron chi connectivity index (χ2n) is 4.67. The molecule has 0 radical (unpaired) electrons. The first-order valence-corrected chi connectivity index (χ1v) is 7.84. The van der Waals surface area contributed by atoms with Crippen LogP contribution in [0.4, 0.5) is 10.5 Å². The lowest BCUT2D eigenvalue weighted by molar-refractivity contribution is -0.387. The van der Waals surface area contributed by atoms with Gasteiger partial charge < -0.3 is 10.4 Å². The molecule has 0 bridgehead atoms. The quantitative estimate of drug-likeness (QED) is 0.571. The Morgan fingerprint density at radius 1 is 1.41 bits per heavy atom. The zero-order chi connectivity index (χ0) is 16.9. The van der Waals surface area contributed by atoms with Gasteiger partial charge in [0.05, 0.1) is 4.92 Å². The molecule has 0 atom stereocenters. The summed E-state index contributed by atoms with van der Waals surface area (Å²) in [5.41, 5.74) is -0.514. The summed E-state index contributed by atoms with van der Waals surface area (Å²) in [5, 5.41) is 21.6. The molecule has 1 amide bonds. The molecule has 0 aromatic heterocycles. The largest absolute Gasteiger partial charge is 0.465 e. The van der Waals surface area contributed by atoms with Crippen molar-refractivity contribution in [2.75, 3.05) is 13.1 Å². The van der Waals surface area contributed by atoms with Gasteiger partial charge in [-0.15, -0.1) is 0 Å². The summed E-state index contributed by atoms with van der Waals surface area (Å²) in [6.45, 7) is 2.96. The fourth-order valence-corrected chi connectivity index (χ4v) is 3.68. The Morgan fingerprint density at radius 2 is 2.00 bits per heavy atom. The number of hydrogen-bond acceptors (Lipinski definition) is 5. The molecule has 9 nitrogen and oxygen atoms in total. The zero-order valence-electron chi connectivity index (χ0n) is 12.1. The highest BCUT2D eigenvalue weighted by Gasteiger charge is 2.32. The Hall–Kier alpha value is -2.20. The highest BCUT2D eigenvalue weighted by atomic mass is 32.2. The maximum Gasteiger partial charge on any atom is 0.404 e. The fourth-order valence-electron chi connectivity index (χ4n) is 1.88. The highest BCUT2D eigenvalue weighted by molar-refractivity contribution is 7.89. The van der Waals surface area contributed by atoms with Gasteiger partial charge in [-0.2, -0.15) is 4.31 Å². The summed E-state index contributed by atoms with van der Waals surface area (Å²) in [6.07, 6.45) is -1.27. The minimum Gasteiger partial charge on any atom is -0.465 e. The molecule has 0 spiro atoms. The third-order valence-corrected chi connectivity index (χ3v) is 4.96. The molecule has 0 saturated heterocycles. The van der Waals surface area contributed by atoms with E-state index in [2.05, 4.69) is 5.32 Å². The average Bonchev–Trinajstić information content (AvgIpc) is 2.42. The summed E-state index contributed by atoms with van der Waals surface area (Å²) < 4.78 is 26.3. The van der Waals surface area contributed by atoms with Crippen LogP contribution in [-0.2, 0) is 10.0 Å². The lowest BCUT2D eigenvalue weighted by Gasteiger charge is -2.25. The number of para-hydroxylation sites is 1. The number of hydrogen-bond donors (Lipinski definition) is 2. The van der Waals surface area contributed by atoms with Gasteiger partial charge in [-0.3, -0.25) is 10.1 Å². The third kappa shape index (κ3) is 4.15. The Bertz CT molecular complexity index is 659. The van der Waals surface area contributed by atoms with Crippen molar-refractivity contribution in [2.24, 2.45) is 0 Å². The topological polar surface area (TPSA) is 130 Å². The summed E-state index contributed by atoms with van der Waals surface area (Å²) in [7, 11) is -4.12. The van der Waals surface area contributed by atoms with Crippen LogP contribution >= 0.6 is 0 Å². The Labute approximate surface area is 127 Å². The molecule has 0 aliphatic carbocycles. The minimum absolute atomic E-state index is 0.118. The minimum atomic E-state index is -4.12. The number of benzene rings is 1. The number of nitro groups is 1. The van der Waals surface area contributed by atoms with E-state index in [9.17, 15) is 23.3 Å². The molecular formula is C12H17N3O6S. The smallest absolute Gasteiger partial charge is 0.404 e. The van der Waals surface area contributed by atoms with Crippen molar-refractivity contribution in [3.63, 3.8) is 0 Å². The van der Waals surface area contributed by atoms with E-state index in [0.29, 0.717) is 0 Å². The second-order valence-corrected chi connectivity index (χ2v) is 6.53. The van der Waals surface area contributed by atoms with E-state index >= 15 is 0 Å². The van der Waals surface area contributed by atoms with E-state index in [1.54, 1.807) is 13.8 Å². The molecule has 1 aromatic carbocycles. The molecule has 0 heterocycles. The van der Waals surface area contributed by atoms with Crippen LogP contribution in [0.3, 0.4) is 0 Å². The predicted molar refractivity (Wildman–Crippen MR) is 78.2 cm³/mol. The van der Waals surface area contributed by atoms with Crippen molar-refractivity contribution in [1.29, 1.82) is 0 Å². The van der Waals surface area contributed by atoms with Crippen LogP contribution in [0.5, 0.6) is 0 Å². The molecular weight excluding hydrogens is 314 g/mol. The number of carbonyl (C=O) groups is 1. The molecule has 0 aliphatic rings. The Balaban J connectivity index is 3.18. The molecule has 0 unspecified atom stereocenters. The zero-order valence-corrected chi connectivity index (χ0v) is 12.9. The second kappa shape index (κ2) is 7.18. The molecule has 1 aromatic rings. The van der Waals surface area contributed by atoms with Crippen molar-refractivity contribution in [2.45, 2.75) is 24.8 Å². The summed E-state index contributed by atoms with van der Waals surface area (Å²) >= 11 is 0. The van der Waals surface area contributed by atoms with Crippen LogP contribution in [0.25, 0.3) is 0 Å². The van der Waals surface area contributed by atoms with Gasteiger partial charge in [0.1, 0.15) is 0 Å². The van der Waals surface area contributed by atoms with E-state index < -0.39 is 37.7 Å². The van der Waals surface area contributed by atoms with Gasteiger partial charge in [-0.1, -0.05) is 12.1 Å². The first-order chi connectivity index (χ1) is 10.2. The van der Waals surface area contributed by atoms with Gasteiger partial charge in [0.25, 0.3) is 5.69 Å². The highest BCUT2D eigenvalue weighted by Crippen LogP contribution is 2.27. The molecule has 122 valence electrons. The van der Waals surface area contributed by atoms with Gasteiger partial charge in [-0.25, -0.2) is 13.2 Å². The van der Waals surface area contributed by atoms with E-state index in [1.807, 2.05) is 0 Å². The van der Waals surface area contributed by atoms with Crippen molar-refractivity contribution in [3.8, 4) is 0 Å². The summed E-state index contributed by atoms with van der Waals surface area (Å²) in [6, 6.07) is 4.56. The standard InChI is InChI=1S/C12H17N3O6S/c1-9(2)14(8-7-13-12(16)17)22(20,21)11-6-4-3-5-10(11)15(18)19/h3-6,9,13H,7-8H2,1-2H3,(H,16,17). The van der Waals surface area contributed by atoms with Crippen LogP contribution in [0.15, 0.2) is 29.2 Å². The summed E-state index contributed by atoms with van der Waals surface area (Å²) in [5.74, 6) is 0. The maximum absolute atomic E-state index is 12.6. The van der Waals surface area contributed by atoms with Crippen LogP contribution in [0, 0.1) is 10.1 Å². The van der Waals surface area contributed by atoms with E-state index in [0.717, 1.165) is 16.4 Å². The number of rotatable bonds is 7. The molecule has 0 aliphatic heterocycles. The van der Waals surface area contributed by atoms with Crippen LogP contribution in [-0.4, -0.2) is 48.0 Å². The molecule has 0 fully saturated rings. The van der Waals surface area contributed by atoms with Gasteiger partial charge in [0.2, 0.25) is 10.0 Å². The van der Waals surface area contributed by atoms with E-state index in [4.69, 9.17) is 5.11 Å². The molecule has 0 saturated carbocycles. The van der Waals surface area contributed by atoms with Crippen molar-refractivity contribution in [1.82, 2.24) is 9.62 Å². The van der Waals surface area contributed by atoms with E-state index in [1.165, 1.54) is 12.1 Å². The summed E-state index contributed by atoms with van der Waals surface area (Å²) in [4.78, 5) is 20.3. The van der Waals surface area contributed by atoms with E-state index in [-0.39, 0.29) is 13.1 Å². The number of sulfonamides is 1. The molecule has 1 rings (SSSR count). The number of amides is 1. The monoisotopic (exact) mass is 331 g/mol. The number of nitrogens with zero attached hydrogens (tertiary/aromatic N) is 2. The average molecular weight is 331 g/mol. The number of carboxylic acid groups (broad SMARTS) is 1. The van der Waals surface area contributed by atoms with Gasteiger partial charge in [0.15, 0.2) is 4.90 Å². The first-order valence-electron chi connectivity index (χ1n) is 6.40. The van der Waals surface area contributed by atoms with Crippen molar-refractivity contribution in [3.05, 3.63) is 34.4 Å². The third-order valence-electron chi connectivity index (χ3n) is 2.83. The van der Waals surface area contributed by atoms with Crippen LogP contribution in [0.1, 0.15) is 13.8 Å².